The molecule has 0 fully saturated rings. The molecule has 2 nitrogen and oxygen atoms in total. The highest BCUT2D eigenvalue weighted by Crippen LogP contribution is 1.79. The SMILES string of the molecule is C=CC[Si](O)O. The quantitative estimate of drug-likeness (QED) is 0.370. The third kappa shape index (κ3) is 3.88. The molecule has 2 N–H and O–H groups in total. The maximum atomic E-state index is 8.14. The Morgan fingerprint density at radius 3 is 2.17 bits per heavy atom. The largest absolute Gasteiger partial charge is 0.410 e. The lowest BCUT2D eigenvalue weighted by atomic mass is 10.8. The van der Waals surface area contributed by atoms with Crippen molar-refractivity contribution in [2.75, 3.05) is 0 Å². The van der Waals surface area contributed by atoms with Gasteiger partial charge in [0.25, 0.3) is 0 Å². The molecule has 0 rings (SSSR count). The van der Waals surface area contributed by atoms with Crippen LogP contribution in [0.2, 0.25) is 6.04 Å². The molecule has 0 saturated carbocycles. The molecule has 6 heavy (non-hydrogen) atoms. The van der Waals surface area contributed by atoms with Gasteiger partial charge in [-0.15, -0.1) is 6.58 Å². The molecule has 0 aliphatic heterocycles. The van der Waals surface area contributed by atoms with Crippen LogP contribution in [0.4, 0.5) is 0 Å². The van der Waals surface area contributed by atoms with Crippen LogP contribution >= 0.6 is 0 Å². The summed E-state index contributed by atoms with van der Waals surface area (Å²) in [5.74, 6) is 0. The van der Waals surface area contributed by atoms with Gasteiger partial charge in [-0.3, -0.25) is 0 Å². The van der Waals surface area contributed by atoms with Gasteiger partial charge in [-0.25, -0.2) is 0 Å². The van der Waals surface area contributed by atoms with E-state index in [2.05, 4.69) is 6.58 Å². The molecule has 0 atom stereocenters. The molecule has 0 spiro atoms. The van der Waals surface area contributed by atoms with Crippen molar-refractivity contribution in [1.82, 2.24) is 0 Å². The van der Waals surface area contributed by atoms with Gasteiger partial charge in [0.15, 0.2) is 0 Å². The Hall–Kier alpha value is -0.123. The summed E-state index contributed by atoms with van der Waals surface area (Å²) in [5, 5.41) is 0. The molecule has 0 aromatic heterocycles. The maximum absolute atomic E-state index is 8.14. The van der Waals surface area contributed by atoms with Crippen LogP contribution in [-0.4, -0.2) is 18.9 Å². The lowest BCUT2D eigenvalue weighted by Crippen LogP contribution is -2.07. The van der Waals surface area contributed by atoms with Gasteiger partial charge >= 0.3 is 9.28 Å². The topological polar surface area (TPSA) is 40.5 Å². The fraction of sp³-hybridized carbons (Fsp3) is 0.333. The van der Waals surface area contributed by atoms with Crippen LogP contribution < -0.4 is 0 Å². The van der Waals surface area contributed by atoms with Gasteiger partial charge in [-0.1, -0.05) is 6.08 Å². The predicted molar refractivity (Wildman–Crippen MR) is 25.2 cm³/mol. The molecule has 0 heterocycles. The summed E-state index contributed by atoms with van der Waals surface area (Å²) in [6, 6.07) is 0.352. The van der Waals surface area contributed by atoms with Crippen molar-refractivity contribution in [3.8, 4) is 0 Å². The number of rotatable bonds is 2. The Kier molecular flexibility index (Phi) is 3.02. The molecule has 0 aliphatic rings. The molecule has 0 aromatic rings. The van der Waals surface area contributed by atoms with E-state index in [-0.39, 0.29) is 0 Å². The van der Waals surface area contributed by atoms with Crippen LogP contribution in [0.1, 0.15) is 0 Å². The van der Waals surface area contributed by atoms with Crippen molar-refractivity contribution in [2.24, 2.45) is 0 Å². The van der Waals surface area contributed by atoms with E-state index < -0.39 is 9.28 Å². The van der Waals surface area contributed by atoms with E-state index in [4.69, 9.17) is 9.59 Å². The first kappa shape index (κ1) is 5.88. The van der Waals surface area contributed by atoms with Crippen LogP contribution in [0.25, 0.3) is 0 Å². The second-order valence-corrected chi connectivity index (χ2v) is 2.15. The molecule has 3 heteroatoms. The minimum Gasteiger partial charge on any atom is -0.410 e. The summed E-state index contributed by atoms with van der Waals surface area (Å²) in [6.07, 6.45) is 1.49. The zero-order valence-electron chi connectivity index (χ0n) is 3.39. The van der Waals surface area contributed by atoms with Crippen molar-refractivity contribution in [3.63, 3.8) is 0 Å². The fourth-order valence-corrected chi connectivity index (χ4v) is 0.387. The third-order valence-electron chi connectivity index (χ3n) is 0.327. The Bertz CT molecular complexity index is 44.1. The van der Waals surface area contributed by atoms with Gasteiger partial charge in [-0.2, -0.15) is 0 Å². The molecule has 0 aromatic carbocycles. The third-order valence-corrected chi connectivity index (χ3v) is 0.981. The lowest BCUT2D eigenvalue weighted by molar-refractivity contribution is 0.411. The van der Waals surface area contributed by atoms with Gasteiger partial charge < -0.3 is 9.59 Å². The van der Waals surface area contributed by atoms with Gasteiger partial charge in [0.1, 0.15) is 0 Å². The minimum absolute atomic E-state index is 0.352. The minimum atomic E-state index is -2.00. The highest BCUT2D eigenvalue weighted by molar-refractivity contribution is 6.41. The van der Waals surface area contributed by atoms with Crippen molar-refractivity contribution in [3.05, 3.63) is 12.7 Å². The van der Waals surface area contributed by atoms with E-state index in [0.29, 0.717) is 6.04 Å². The number of allylic oxidation sites excluding steroid dienone is 1. The van der Waals surface area contributed by atoms with Crippen molar-refractivity contribution < 1.29 is 9.59 Å². The smallest absolute Gasteiger partial charge is 0.383 e. The summed E-state index contributed by atoms with van der Waals surface area (Å²) < 4.78 is 0. The summed E-state index contributed by atoms with van der Waals surface area (Å²) in [7, 11) is -2.00. The first-order valence-corrected chi connectivity index (χ1v) is 3.22. The van der Waals surface area contributed by atoms with Crippen LogP contribution in [-0.2, 0) is 0 Å². The Labute approximate surface area is 38.6 Å². The van der Waals surface area contributed by atoms with Crippen molar-refractivity contribution >= 4 is 9.28 Å². The fourth-order valence-electron chi connectivity index (χ4n) is 0.129. The second-order valence-electron chi connectivity index (χ2n) is 0.909. The van der Waals surface area contributed by atoms with Gasteiger partial charge in [-0.05, 0) is 0 Å². The Balaban J connectivity index is 2.81. The summed E-state index contributed by atoms with van der Waals surface area (Å²) >= 11 is 0. The van der Waals surface area contributed by atoms with Crippen molar-refractivity contribution in [1.29, 1.82) is 0 Å². The van der Waals surface area contributed by atoms with Crippen molar-refractivity contribution in [2.45, 2.75) is 6.04 Å². The van der Waals surface area contributed by atoms with E-state index in [0.717, 1.165) is 0 Å². The molecular weight excluding hydrogens is 96.1 g/mol. The van der Waals surface area contributed by atoms with Gasteiger partial charge in [0.2, 0.25) is 0 Å². The van der Waals surface area contributed by atoms with E-state index in [9.17, 15) is 0 Å². The van der Waals surface area contributed by atoms with Crippen LogP contribution in [0, 0.1) is 0 Å². The molecule has 35 valence electrons. The highest BCUT2D eigenvalue weighted by atomic mass is 28.3. The van der Waals surface area contributed by atoms with E-state index in [1.807, 2.05) is 0 Å². The molecule has 0 amide bonds. The first-order chi connectivity index (χ1) is 2.77. The average molecular weight is 103 g/mol. The van der Waals surface area contributed by atoms with E-state index in [1.165, 1.54) is 6.08 Å². The predicted octanol–water partition coefficient (Wildman–Crippen LogP) is -0.355. The number of hydrogen-bond acceptors (Lipinski definition) is 2. The molecule has 0 bridgehead atoms. The van der Waals surface area contributed by atoms with Crippen LogP contribution in [0.15, 0.2) is 12.7 Å². The Morgan fingerprint density at radius 2 is 2.17 bits per heavy atom. The first-order valence-electron chi connectivity index (χ1n) is 1.62. The van der Waals surface area contributed by atoms with E-state index >= 15 is 0 Å². The average Bonchev–Trinajstić information content (AvgIpc) is 1.35. The monoisotopic (exact) mass is 103 g/mol. The highest BCUT2D eigenvalue weighted by Gasteiger charge is 1.95. The zero-order chi connectivity index (χ0) is 4.99. The molecule has 1 radical (unpaired) electrons. The summed E-state index contributed by atoms with van der Waals surface area (Å²) in [5.41, 5.74) is 0. The molecule has 0 unspecified atom stereocenters. The standard InChI is InChI=1S/C3H7O2Si/c1-2-3-6(4)5/h2,4-5H,1,3H2. The zero-order valence-corrected chi connectivity index (χ0v) is 4.39. The molecular formula is C3H7O2Si. The maximum Gasteiger partial charge on any atom is 0.383 e. The van der Waals surface area contributed by atoms with Crippen LogP contribution in [0.5, 0.6) is 0 Å². The molecule has 0 aliphatic carbocycles. The summed E-state index contributed by atoms with van der Waals surface area (Å²) in [4.78, 5) is 16.3. The van der Waals surface area contributed by atoms with Gasteiger partial charge in [0.05, 0.1) is 0 Å². The number of hydrogen-bond donors (Lipinski definition) is 2. The molecule has 0 saturated heterocycles. The Morgan fingerprint density at radius 1 is 1.67 bits per heavy atom. The summed E-state index contributed by atoms with van der Waals surface area (Å²) in [6.45, 7) is 3.31. The normalized spacial score (nSPS) is 9.17. The van der Waals surface area contributed by atoms with Crippen LogP contribution in [0.3, 0.4) is 0 Å². The second kappa shape index (κ2) is 3.08. The van der Waals surface area contributed by atoms with Gasteiger partial charge in [0, 0.05) is 6.04 Å². The lowest BCUT2D eigenvalue weighted by Gasteiger charge is -1.85. The van der Waals surface area contributed by atoms with E-state index in [1.54, 1.807) is 0 Å².